The number of nitro groups is 1. The van der Waals surface area contributed by atoms with Gasteiger partial charge in [-0.2, -0.15) is 11.8 Å². The van der Waals surface area contributed by atoms with E-state index < -0.39 is 10.9 Å². The summed E-state index contributed by atoms with van der Waals surface area (Å²) in [4.78, 5) is 21.2. The molecule has 0 amide bonds. The molecule has 0 heterocycles. The van der Waals surface area contributed by atoms with E-state index in [1.54, 1.807) is 42.1 Å². The molecular formula is C15H13NO4S. The van der Waals surface area contributed by atoms with Crippen molar-refractivity contribution in [2.45, 2.75) is 11.5 Å². The minimum atomic E-state index is -0.929. The van der Waals surface area contributed by atoms with E-state index in [9.17, 15) is 14.9 Å². The van der Waals surface area contributed by atoms with Crippen molar-refractivity contribution in [1.82, 2.24) is 0 Å². The monoisotopic (exact) mass is 303 g/mol. The molecule has 2 rings (SSSR count). The van der Waals surface area contributed by atoms with Crippen LogP contribution in [0.15, 0.2) is 48.5 Å². The van der Waals surface area contributed by atoms with E-state index in [0.29, 0.717) is 17.1 Å². The summed E-state index contributed by atoms with van der Waals surface area (Å²) < 4.78 is 0. The molecule has 0 radical (unpaired) electrons. The van der Waals surface area contributed by atoms with Gasteiger partial charge < -0.3 is 5.11 Å². The van der Waals surface area contributed by atoms with E-state index in [1.807, 2.05) is 6.07 Å². The van der Waals surface area contributed by atoms with Gasteiger partial charge in [-0.3, -0.25) is 10.1 Å². The number of benzene rings is 2. The maximum Gasteiger partial charge on any atom is 0.335 e. The molecule has 2 aromatic carbocycles. The summed E-state index contributed by atoms with van der Waals surface area (Å²) >= 11 is 1.57. The van der Waals surface area contributed by atoms with Gasteiger partial charge in [0.15, 0.2) is 0 Å². The summed E-state index contributed by atoms with van der Waals surface area (Å²) in [5, 5.41) is 19.6. The first-order valence-corrected chi connectivity index (χ1v) is 7.35. The van der Waals surface area contributed by atoms with Crippen molar-refractivity contribution in [2.24, 2.45) is 0 Å². The number of nitrogens with zero attached hydrogens (tertiary/aromatic N) is 1. The summed E-state index contributed by atoms with van der Waals surface area (Å²) in [6.07, 6.45) is 0. The Labute approximate surface area is 125 Å². The largest absolute Gasteiger partial charge is 0.478 e. The second-order valence-corrected chi connectivity index (χ2v) is 5.36. The SMILES string of the molecule is O=C(O)c1ccccc1CSCc1ccc([N+](=O)[O-])cc1. The second kappa shape index (κ2) is 6.90. The summed E-state index contributed by atoms with van der Waals surface area (Å²) in [6.45, 7) is 0. The fourth-order valence-electron chi connectivity index (χ4n) is 1.85. The molecule has 21 heavy (non-hydrogen) atoms. The number of hydrogen-bond acceptors (Lipinski definition) is 4. The Hall–Kier alpha value is -2.34. The van der Waals surface area contributed by atoms with Crippen molar-refractivity contribution < 1.29 is 14.8 Å². The first kappa shape index (κ1) is 15.1. The average Bonchev–Trinajstić information content (AvgIpc) is 2.48. The van der Waals surface area contributed by atoms with E-state index in [-0.39, 0.29) is 5.69 Å². The molecule has 0 fully saturated rings. The fraction of sp³-hybridized carbons (Fsp3) is 0.133. The fourth-order valence-corrected chi connectivity index (χ4v) is 2.85. The molecule has 1 N–H and O–H groups in total. The van der Waals surface area contributed by atoms with Crippen LogP contribution in [0.3, 0.4) is 0 Å². The van der Waals surface area contributed by atoms with E-state index in [2.05, 4.69) is 0 Å². The smallest absolute Gasteiger partial charge is 0.335 e. The second-order valence-electron chi connectivity index (χ2n) is 4.38. The summed E-state index contributed by atoms with van der Waals surface area (Å²) in [5.74, 6) is 0.326. The molecule has 0 aliphatic heterocycles. The van der Waals surface area contributed by atoms with Gasteiger partial charge in [0.25, 0.3) is 5.69 Å². The zero-order chi connectivity index (χ0) is 15.2. The average molecular weight is 303 g/mol. The zero-order valence-electron chi connectivity index (χ0n) is 11.1. The molecule has 0 atom stereocenters. The molecule has 0 saturated carbocycles. The molecule has 0 aliphatic rings. The van der Waals surface area contributed by atoms with Crippen molar-refractivity contribution in [3.8, 4) is 0 Å². The highest BCUT2D eigenvalue weighted by molar-refractivity contribution is 7.97. The Morgan fingerprint density at radius 1 is 1.10 bits per heavy atom. The number of rotatable bonds is 6. The quantitative estimate of drug-likeness (QED) is 0.649. The summed E-state index contributed by atoms with van der Waals surface area (Å²) in [5.41, 5.74) is 2.13. The van der Waals surface area contributed by atoms with Crippen molar-refractivity contribution in [1.29, 1.82) is 0 Å². The van der Waals surface area contributed by atoms with Gasteiger partial charge in [0.1, 0.15) is 0 Å². The van der Waals surface area contributed by atoms with Gasteiger partial charge in [-0.25, -0.2) is 4.79 Å². The lowest BCUT2D eigenvalue weighted by Gasteiger charge is -2.06. The number of nitro benzene ring substituents is 1. The van der Waals surface area contributed by atoms with Gasteiger partial charge in [0.2, 0.25) is 0 Å². The van der Waals surface area contributed by atoms with Gasteiger partial charge in [-0.15, -0.1) is 0 Å². The number of carbonyl (C=O) groups is 1. The lowest BCUT2D eigenvalue weighted by atomic mass is 10.1. The van der Waals surface area contributed by atoms with Gasteiger partial charge in [-0.05, 0) is 17.2 Å². The summed E-state index contributed by atoms with van der Waals surface area (Å²) in [7, 11) is 0. The third kappa shape index (κ3) is 4.06. The van der Waals surface area contributed by atoms with E-state index >= 15 is 0 Å². The van der Waals surface area contributed by atoms with Crippen molar-refractivity contribution in [3.63, 3.8) is 0 Å². The Bertz CT molecular complexity index is 655. The van der Waals surface area contributed by atoms with Crippen LogP contribution >= 0.6 is 11.8 Å². The molecule has 6 heteroatoms. The lowest BCUT2D eigenvalue weighted by molar-refractivity contribution is -0.384. The first-order valence-electron chi connectivity index (χ1n) is 6.20. The zero-order valence-corrected chi connectivity index (χ0v) is 11.9. The maximum atomic E-state index is 11.1. The number of carboxylic acids is 1. The molecule has 5 nitrogen and oxygen atoms in total. The Kier molecular flexibility index (Phi) is 4.94. The number of carboxylic acid groups (broad SMARTS) is 1. The highest BCUT2D eigenvalue weighted by Crippen LogP contribution is 2.22. The number of non-ortho nitro benzene ring substituents is 1. The van der Waals surface area contributed by atoms with Crippen LogP contribution in [-0.2, 0) is 11.5 Å². The number of hydrogen-bond donors (Lipinski definition) is 1. The van der Waals surface area contributed by atoms with Crippen molar-refractivity contribution in [3.05, 3.63) is 75.3 Å². The predicted octanol–water partition coefficient (Wildman–Crippen LogP) is 3.73. The lowest BCUT2D eigenvalue weighted by Crippen LogP contribution is -2.01. The Balaban J connectivity index is 1.95. The number of aromatic carboxylic acids is 1. The minimum Gasteiger partial charge on any atom is -0.478 e. The molecular weight excluding hydrogens is 290 g/mol. The minimum absolute atomic E-state index is 0.0694. The van der Waals surface area contributed by atoms with Crippen LogP contribution in [-0.4, -0.2) is 16.0 Å². The summed E-state index contributed by atoms with van der Waals surface area (Å²) in [6, 6.07) is 13.3. The van der Waals surface area contributed by atoms with Crippen LogP contribution in [0, 0.1) is 10.1 Å². The molecule has 0 aromatic heterocycles. The van der Waals surface area contributed by atoms with Gasteiger partial charge in [0.05, 0.1) is 10.5 Å². The molecule has 0 spiro atoms. The van der Waals surface area contributed by atoms with Crippen molar-refractivity contribution in [2.75, 3.05) is 0 Å². The standard InChI is InChI=1S/C15H13NO4S/c17-15(18)14-4-2-1-3-12(14)10-21-9-11-5-7-13(8-6-11)16(19)20/h1-8H,9-10H2,(H,17,18). The van der Waals surface area contributed by atoms with Crippen LogP contribution in [0.2, 0.25) is 0 Å². The van der Waals surface area contributed by atoms with E-state index in [0.717, 1.165) is 11.1 Å². The molecule has 108 valence electrons. The first-order chi connectivity index (χ1) is 10.1. The molecule has 0 saturated heterocycles. The Morgan fingerprint density at radius 2 is 1.76 bits per heavy atom. The van der Waals surface area contributed by atoms with Gasteiger partial charge in [0, 0.05) is 23.6 Å². The maximum absolute atomic E-state index is 11.1. The van der Waals surface area contributed by atoms with Crippen LogP contribution in [0.5, 0.6) is 0 Å². The van der Waals surface area contributed by atoms with Crippen LogP contribution in [0.4, 0.5) is 5.69 Å². The van der Waals surface area contributed by atoms with Crippen LogP contribution in [0.25, 0.3) is 0 Å². The van der Waals surface area contributed by atoms with Gasteiger partial charge >= 0.3 is 5.97 Å². The Morgan fingerprint density at radius 3 is 2.38 bits per heavy atom. The highest BCUT2D eigenvalue weighted by atomic mass is 32.2. The molecule has 0 unspecified atom stereocenters. The van der Waals surface area contributed by atoms with Crippen molar-refractivity contribution >= 4 is 23.4 Å². The van der Waals surface area contributed by atoms with E-state index in [4.69, 9.17) is 5.11 Å². The topological polar surface area (TPSA) is 80.4 Å². The molecule has 2 aromatic rings. The normalized spacial score (nSPS) is 10.3. The van der Waals surface area contributed by atoms with Gasteiger partial charge in [-0.1, -0.05) is 30.3 Å². The third-order valence-corrected chi connectivity index (χ3v) is 3.97. The number of thioether (sulfide) groups is 1. The van der Waals surface area contributed by atoms with Crippen LogP contribution in [0.1, 0.15) is 21.5 Å². The molecule has 0 aliphatic carbocycles. The third-order valence-electron chi connectivity index (χ3n) is 2.92. The predicted molar refractivity (Wildman–Crippen MR) is 81.5 cm³/mol. The van der Waals surface area contributed by atoms with Crippen LogP contribution < -0.4 is 0 Å². The molecule has 0 bridgehead atoms. The van der Waals surface area contributed by atoms with E-state index in [1.165, 1.54) is 12.1 Å². The highest BCUT2D eigenvalue weighted by Gasteiger charge is 2.09.